The number of anilines is 1. The van der Waals surface area contributed by atoms with Crippen LogP contribution < -0.4 is 5.32 Å². The van der Waals surface area contributed by atoms with Gasteiger partial charge < -0.3 is 14.4 Å². The van der Waals surface area contributed by atoms with Crippen molar-refractivity contribution < 1.29 is 18.1 Å². The predicted molar refractivity (Wildman–Crippen MR) is 131 cm³/mol. The third-order valence-corrected chi connectivity index (χ3v) is 7.47. The third kappa shape index (κ3) is 5.05. The molecule has 180 valence electrons. The first-order chi connectivity index (χ1) is 16.1. The van der Waals surface area contributed by atoms with Crippen molar-refractivity contribution in [1.82, 2.24) is 10.1 Å². The lowest BCUT2D eigenvalue weighted by Gasteiger charge is -2.17. The molecule has 0 bridgehead atoms. The molecule has 1 aliphatic rings. The molecule has 1 fully saturated rings. The quantitative estimate of drug-likeness (QED) is 0.381. The lowest BCUT2D eigenvalue weighted by molar-refractivity contribution is -0.115. The van der Waals surface area contributed by atoms with E-state index in [4.69, 9.17) is 27.7 Å². The number of carbonyl (C=O) groups excluding carboxylic acids is 1. The number of aromatic nitrogens is 2. The van der Waals surface area contributed by atoms with Crippen LogP contribution in [-0.2, 0) is 27.7 Å². The average molecular weight is 521 g/mol. The van der Waals surface area contributed by atoms with Crippen molar-refractivity contribution in [2.45, 2.75) is 56.6 Å². The molecule has 0 aliphatic heterocycles. The van der Waals surface area contributed by atoms with Gasteiger partial charge in [0.15, 0.2) is 5.82 Å². The standard InChI is InChI=1S/C24H25Cl2N3O4S/c1-13(2)22-28-23(29-33-22)24(8-9-24)21-18(25)11-17(12-19(21)26)27-20(30)10-15-4-6-16(7-5-15)14(3)34(31)32/h4-7,11-14H,8-10H2,1-3H3,(H,27,30)(H,31,32)/p-1. The third-order valence-electron chi connectivity index (χ3n) is 6.02. The zero-order chi connectivity index (χ0) is 24.6. The van der Waals surface area contributed by atoms with Crippen molar-refractivity contribution in [3.05, 3.63) is 74.8 Å². The van der Waals surface area contributed by atoms with E-state index in [-0.39, 0.29) is 18.2 Å². The first-order valence-electron chi connectivity index (χ1n) is 10.9. The van der Waals surface area contributed by atoms with Gasteiger partial charge in [-0.2, -0.15) is 4.98 Å². The molecule has 2 aromatic carbocycles. The van der Waals surface area contributed by atoms with E-state index in [9.17, 15) is 13.6 Å². The van der Waals surface area contributed by atoms with E-state index in [1.54, 1.807) is 43.3 Å². The molecule has 2 unspecified atom stereocenters. The lowest BCUT2D eigenvalue weighted by Crippen LogP contribution is -2.16. The number of carbonyl (C=O) groups is 1. The summed E-state index contributed by atoms with van der Waals surface area (Å²) in [5, 5.41) is 7.25. The van der Waals surface area contributed by atoms with Crippen LogP contribution in [0.3, 0.4) is 0 Å². The second-order valence-corrected chi connectivity index (χ2v) is 10.9. The summed E-state index contributed by atoms with van der Waals surface area (Å²) in [5.74, 6) is 1.03. The monoisotopic (exact) mass is 520 g/mol. The molecule has 0 spiro atoms. The van der Waals surface area contributed by atoms with Crippen molar-refractivity contribution >= 4 is 45.9 Å². The van der Waals surface area contributed by atoms with E-state index < -0.39 is 21.7 Å². The van der Waals surface area contributed by atoms with Crippen LogP contribution >= 0.6 is 23.2 Å². The largest absolute Gasteiger partial charge is 0.772 e. The summed E-state index contributed by atoms with van der Waals surface area (Å²) in [5.41, 5.74) is 2.18. The van der Waals surface area contributed by atoms with E-state index in [2.05, 4.69) is 15.5 Å². The molecule has 1 aromatic heterocycles. The van der Waals surface area contributed by atoms with Crippen LogP contribution in [-0.4, -0.2) is 24.8 Å². The molecule has 7 nitrogen and oxygen atoms in total. The van der Waals surface area contributed by atoms with Crippen molar-refractivity contribution in [2.75, 3.05) is 5.32 Å². The van der Waals surface area contributed by atoms with Gasteiger partial charge in [-0.3, -0.25) is 9.00 Å². The van der Waals surface area contributed by atoms with Gasteiger partial charge in [0.05, 0.1) is 11.8 Å². The maximum absolute atomic E-state index is 12.6. The molecule has 1 aliphatic carbocycles. The van der Waals surface area contributed by atoms with Crippen LogP contribution in [0.15, 0.2) is 40.9 Å². The number of nitrogens with one attached hydrogen (secondary N) is 1. The SMILES string of the molecule is CC(C)c1nc(C2(c3c(Cl)cc(NC(=O)Cc4ccc(C(C)S(=O)[O-])cc4)cc3Cl)CC2)no1. The summed E-state index contributed by atoms with van der Waals surface area (Å²) in [6.45, 7) is 5.57. The number of benzene rings is 2. The van der Waals surface area contributed by atoms with Gasteiger partial charge in [0.25, 0.3) is 0 Å². The average Bonchev–Trinajstić information content (AvgIpc) is 3.38. The van der Waals surface area contributed by atoms with E-state index in [1.807, 2.05) is 13.8 Å². The van der Waals surface area contributed by atoms with Gasteiger partial charge in [-0.15, -0.1) is 0 Å². The molecule has 10 heteroatoms. The predicted octanol–water partition coefficient (Wildman–Crippen LogP) is 5.70. The van der Waals surface area contributed by atoms with Gasteiger partial charge in [-0.05, 0) is 54.1 Å². The highest BCUT2D eigenvalue weighted by molar-refractivity contribution is 7.79. The van der Waals surface area contributed by atoms with Crippen LogP contribution in [0.5, 0.6) is 0 Å². The number of nitrogens with zero attached hydrogens (tertiary/aromatic N) is 2. The summed E-state index contributed by atoms with van der Waals surface area (Å²) in [7, 11) is 0. The molecular formula is C24H24Cl2N3O4S-. The number of amides is 1. The van der Waals surface area contributed by atoms with Gasteiger partial charge >= 0.3 is 0 Å². The Morgan fingerprint density at radius 2 is 1.79 bits per heavy atom. The molecule has 34 heavy (non-hydrogen) atoms. The maximum Gasteiger partial charge on any atom is 0.229 e. The molecule has 1 amide bonds. The Bertz CT molecular complexity index is 1220. The normalized spacial score (nSPS) is 16.3. The molecule has 0 saturated heterocycles. The summed E-state index contributed by atoms with van der Waals surface area (Å²) in [4.78, 5) is 17.1. The second-order valence-electron chi connectivity index (χ2n) is 8.88. The van der Waals surface area contributed by atoms with Gasteiger partial charge in [0.2, 0.25) is 11.8 Å². The Hall–Kier alpha value is -2.26. The van der Waals surface area contributed by atoms with Gasteiger partial charge in [-0.1, -0.05) is 66.5 Å². The lowest BCUT2D eigenvalue weighted by atomic mass is 9.94. The van der Waals surface area contributed by atoms with E-state index in [0.29, 0.717) is 33.0 Å². The van der Waals surface area contributed by atoms with Crippen LogP contribution in [0, 0.1) is 0 Å². The van der Waals surface area contributed by atoms with E-state index in [0.717, 1.165) is 24.0 Å². The highest BCUT2D eigenvalue weighted by Gasteiger charge is 2.52. The highest BCUT2D eigenvalue weighted by atomic mass is 35.5. The molecule has 4 rings (SSSR count). The van der Waals surface area contributed by atoms with E-state index in [1.165, 1.54) is 0 Å². The molecule has 1 heterocycles. The summed E-state index contributed by atoms with van der Waals surface area (Å²) in [6, 6.07) is 10.3. The Labute approximate surface area is 210 Å². The van der Waals surface area contributed by atoms with Gasteiger partial charge in [0, 0.05) is 32.5 Å². The van der Waals surface area contributed by atoms with Crippen molar-refractivity contribution in [3.8, 4) is 0 Å². The molecule has 2 atom stereocenters. The zero-order valence-electron chi connectivity index (χ0n) is 18.9. The summed E-state index contributed by atoms with van der Waals surface area (Å²) >= 11 is 11.1. The topological polar surface area (TPSA) is 108 Å². The molecular weight excluding hydrogens is 497 g/mol. The Morgan fingerprint density at radius 3 is 2.29 bits per heavy atom. The summed E-state index contributed by atoms with van der Waals surface area (Å²) < 4.78 is 27.6. The van der Waals surface area contributed by atoms with Crippen LogP contribution in [0.1, 0.15) is 73.2 Å². The first-order valence-corrected chi connectivity index (χ1v) is 12.8. The van der Waals surface area contributed by atoms with Crippen molar-refractivity contribution in [3.63, 3.8) is 0 Å². The van der Waals surface area contributed by atoms with Gasteiger partial charge in [0.1, 0.15) is 0 Å². The maximum atomic E-state index is 12.6. The van der Waals surface area contributed by atoms with Crippen LogP contribution in [0.4, 0.5) is 5.69 Å². The number of rotatable bonds is 8. The Balaban J connectivity index is 1.48. The van der Waals surface area contributed by atoms with Crippen molar-refractivity contribution in [2.24, 2.45) is 0 Å². The fraction of sp³-hybridized carbons (Fsp3) is 0.375. The minimum atomic E-state index is -2.19. The van der Waals surface area contributed by atoms with Crippen LogP contribution in [0.2, 0.25) is 10.0 Å². The summed E-state index contributed by atoms with van der Waals surface area (Å²) in [6.07, 6.45) is 1.74. The Morgan fingerprint density at radius 1 is 1.18 bits per heavy atom. The number of halogens is 2. The minimum Gasteiger partial charge on any atom is -0.772 e. The zero-order valence-corrected chi connectivity index (χ0v) is 21.3. The number of hydrogen-bond donors (Lipinski definition) is 1. The first kappa shape index (κ1) is 24.9. The smallest absolute Gasteiger partial charge is 0.229 e. The minimum absolute atomic E-state index is 0.121. The van der Waals surface area contributed by atoms with Gasteiger partial charge in [-0.25, -0.2) is 0 Å². The van der Waals surface area contributed by atoms with Crippen LogP contribution in [0.25, 0.3) is 0 Å². The Kier molecular flexibility index (Phi) is 7.14. The highest BCUT2D eigenvalue weighted by Crippen LogP contribution is 2.56. The second kappa shape index (κ2) is 9.77. The molecule has 3 aromatic rings. The van der Waals surface area contributed by atoms with E-state index >= 15 is 0 Å². The molecule has 1 saturated carbocycles. The van der Waals surface area contributed by atoms with Crippen molar-refractivity contribution in [1.29, 1.82) is 0 Å². The molecule has 1 N–H and O–H groups in total. The molecule has 0 radical (unpaired) electrons. The fourth-order valence-corrected chi connectivity index (χ4v) is 5.11. The number of hydrogen-bond acceptors (Lipinski definition) is 6. The fourth-order valence-electron chi connectivity index (χ4n) is 3.89.